The lowest BCUT2D eigenvalue weighted by atomic mass is 10.2. The summed E-state index contributed by atoms with van der Waals surface area (Å²) in [6, 6.07) is 1.32. The minimum Gasteiger partial charge on any atom is -0.394 e. The van der Waals surface area contributed by atoms with Gasteiger partial charge in [-0.25, -0.2) is 4.98 Å². The number of methoxy groups -OCH3 is 1. The van der Waals surface area contributed by atoms with Crippen LogP contribution < -0.4 is 5.32 Å². The summed E-state index contributed by atoms with van der Waals surface area (Å²) in [5.41, 5.74) is 1.98. The maximum absolute atomic E-state index is 12.1. The molecule has 0 radical (unpaired) electrons. The number of aryl methyl sites for hydroxylation is 2. The zero-order chi connectivity index (χ0) is 14.7. The summed E-state index contributed by atoms with van der Waals surface area (Å²) in [6.45, 7) is 1.94. The SMILES string of the molecule is COCC(CO)NC(=O)c1cnc2c(c1)c(C)nn2C. The second-order valence-corrected chi connectivity index (χ2v) is 4.61. The minimum absolute atomic E-state index is 0.179. The highest BCUT2D eigenvalue weighted by Crippen LogP contribution is 2.16. The molecule has 1 atom stereocenters. The number of nitrogens with zero attached hydrogens (tertiary/aromatic N) is 3. The third kappa shape index (κ3) is 2.78. The van der Waals surface area contributed by atoms with Crippen molar-refractivity contribution in [2.24, 2.45) is 7.05 Å². The van der Waals surface area contributed by atoms with Crippen molar-refractivity contribution in [2.75, 3.05) is 20.3 Å². The monoisotopic (exact) mass is 278 g/mol. The van der Waals surface area contributed by atoms with E-state index in [0.717, 1.165) is 16.7 Å². The Bertz CT molecular complexity index is 623. The molecule has 2 aromatic rings. The Hall–Kier alpha value is -1.99. The third-order valence-corrected chi connectivity index (χ3v) is 3.05. The van der Waals surface area contributed by atoms with Gasteiger partial charge in [0, 0.05) is 25.7 Å². The fourth-order valence-electron chi connectivity index (χ4n) is 2.04. The highest BCUT2D eigenvalue weighted by molar-refractivity contribution is 5.97. The number of carbonyl (C=O) groups is 1. The topological polar surface area (TPSA) is 89.3 Å². The number of nitrogens with one attached hydrogen (secondary N) is 1. The molecule has 1 amide bonds. The molecule has 1 unspecified atom stereocenters. The van der Waals surface area contributed by atoms with E-state index in [2.05, 4.69) is 15.4 Å². The molecule has 7 heteroatoms. The Morgan fingerprint density at radius 1 is 1.60 bits per heavy atom. The summed E-state index contributed by atoms with van der Waals surface area (Å²) < 4.78 is 6.60. The quantitative estimate of drug-likeness (QED) is 0.804. The van der Waals surface area contributed by atoms with Gasteiger partial charge in [0.15, 0.2) is 5.65 Å². The summed E-state index contributed by atoms with van der Waals surface area (Å²) in [5, 5.41) is 16.9. The van der Waals surface area contributed by atoms with Gasteiger partial charge >= 0.3 is 0 Å². The summed E-state index contributed by atoms with van der Waals surface area (Å²) in [4.78, 5) is 16.4. The number of ether oxygens (including phenoxy) is 1. The van der Waals surface area contributed by atoms with Crippen molar-refractivity contribution in [1.29, 1.82) is 0 Å². The number of hydrogen-bond acceptors (Lipinski definition) is 5. The van der Waals surface area contributed by atoms with Crippen LogP contribution in [0.15, 0.2) is 12.3 Å². The van der Waals surface area contributed by atoms with E-state index in [-0.39, 0.29) is 19.1 Å². The number of aliphatic hydroxyl groups is 1. The molecule has 0 spiro atoms. The number of rotatable bonds is 5. The second-order valence-electron chi connectivity index (χ2n) is 4.61. The smallest absolute Gasteiger partial charge is 0.253 e. The van der Waals surface area contributed by atoms with E-state index in [4.69, 9.17) is 9.84 Å². The normalized spacial score (nSPS) is 12.6. The number of carbonyl (C=O) groups excluding carboxylic acids is 1. The standard InChI is InChI=1S/C13H18N4O3/c1-8-11-4-9(5-14-12(11)17(2)16-8)13(19)15-10(6-18)7-20-3/h4-5,10,18H,6-7H2,1-3H3,(H,15,19). The zero-order valence-electron chi connectivity index (χ0n) is 11.8. The minimum atomic E-state index is -0.432. The van der Waals surface area contributed by atoms with E-state index < -0.39 is 6.04 Å². The van der Waals surface area contributed by atoms with Gasteiger partial charge in [-0.3, -0.25) is 9.48 Å². The van der Waals surface area contributed by atoms with Gasteiger partial charge in [0.25, 0.3) is 5.91 Å². The first-order valence-corrected chi connectivity index (χ1v) is 6.26. The van der Waals surface area contributed by atoms with Crippen LogP contribution in [0.3, 0.4) is 0 Å². The molecule has 2 heterocycles. The van der Waals surface area contributed by atoms with Crippen LogP contribution in [0.1, 0.15) is 16.1 Å². The number of aromatic nitrogens is 3. The Morgan fingerprint density at radius 2 is 2.35 bits per heavy atom. The first-order valence-electron chi connectivity index (χ1n) is 6.26. The molecule has 2 aromatic heterocycles. The van der Waals surface area contributed by atoms with Crippen LogP contribution in [-0.4, -0.2) is 52.1 Å². The number of hydrogen-bond donors (Lipinski definition) is 2. The van der Waals surface area contributed by atoms with Crippen molar-refractivity contribution in [1.82, 2.24) is 20.1 Å². The van der Waals surface area contributed by atoms with Crippen LogP contribution in [0, 0.1) is 6.92 Å². The Kier molecular flexibility index (Phi) is 4.31. The van der Waals surface area contributed by atoms with Crippen LogP contribution in [0.2, 0.25) is 0 Å². The van der Waals surface area contributed by atoms with Crippen molar-refractivity contribution < 1.29 is 14.6 Å². The van der Waals surface area contributed by atoms with Crippen molar-refractivity contribution >= 4 is 16.9 Å². The molecule has 0 bridgehead atoms. The van der Waals surface area contributed by atoms with Crippen LogP contribution in [-0.2, 0) is 11.8 Å². The molecule has 7 nitrogen and oxygen atoms in total. The molecule has 0 aliphatic heterocycles. The third-order valence-electron chi connectivity index (χ3n) is 3.05. The van der Waals surface area contributed by atoms with Gasteiger partial charge in [-0.05, 0) is 13.0 Å². The predicted molar refractivity (Wildman–Crippen MR) is 73.5 cm³/mol. The van der Waals surface area contributed by atoms with Crippen LogP contribution in [0.5, 0.6) is 0 Å². The van der Waals surface area contributed by atoms with Gasteiger partial charge in [-0.1, -0.05) is 0 Å². The number of fused-ring (bicyclic) bond motifs is 1. The molecule has 2 rings (SSSR count). The lowest BCUT2D eigenvalue weighted by molar-refractivity contribution is 0.0839. The summed E-state index contributed by atoms with van der Waals surface area (Å²) in [6.07, 6.45) is 1.50. The van der Waals surface area contributed by atoms with Crippen LogP contribution >= 0.6 is 0 Å². The maximum Gasteiger partial charge on any atom is 0.253 e. The largest absolute Gasteiger partial charge is 0.394 e. The Labute approximate surface area is 116 Å². The summed E-state index contributed by atoms with van der Waals surface area (Å²) in [7, 11) is 3.32. The van der Waals surface area contributed by atoms with Gasteiger partial charge in [0.2, 0.25) is 0 Å². The molecular weight excluding hydrogens is 260 g/mol. The van der Waals surface area contributed by atoms with Crippen molar-refractivity contribution in [3.8, 4) is 0 Å². The van der Waals surface area contributed by atoms with E-state index in [9.17, 15) is 4.79 Å². The Morgan fingerprint density at radius 3 is 3.00 bits per heavy atom. The first-order chi connectivity index (χ1) is 9.56. The zero-order valence-corrected chi connectivity index (χ0v) is 11.8. The molecule has 0 aliphatic carbocycles. The Balaban J connectivity index is 2.24. The highest BCUT2D eigenvalue weighted by Gasteiger charge is 2.15. The van der Waals surface area contributed by atoms with Gasteiger partial charge in [0.05, 0.1) is 30.5 Å². The second kappa shape index (κ2) is 5.98. The number of aliphatic hydroxyl groups excluding tert-OH is 1. The lowest BCUT2D eigenvalue weighted by Crippen LogP contribution is -2.40. The van der Waals surface area contributed by atoms with Crippen LogP contribution in [0.4, 0.5) is 0 Å². The van der Waals surface area contributed by atoms with E-state index in [1.807, 2.05) is 14.0 Å². The number of pyridine rings is 1. The van der Waals surface area contributed by atoms with Gasteiger partial charge < -0.3 is 15.2 Å². The maximum atomic E-state index is 12.1. The molecule has 20 heavy (non-hydrogen) atoms. The average molecular weight is 278 g/mol. The fraction of sp³-hybridized carbons (Fsp3) is 0.462. The molecule has 0 aliphatic rings. The average Bonchev–Trinajstić information content (AvgIpc) is 2.73. The fourth-order valence-corrected chi connectivity index (χ4v) is 2.04. The van der Waals surface area contributed by atoms with E-state index in [1.165, 1.54) is 13.3 Å². The van der Waals surface area contributed by atoms with E-state index in [1.54, 1.807) is 10.7 Å². The van der Waals surface area contributed by atoms with Crippen molar-refractivity contribution in [3.05, 3.63) is 23.5 Å². The van der Waals surface area contributed by atoms with E-state index >= 15 is 0 Å². The molecule has 108 valence electrons. The van der Waals surface area contributed by atoms with Gasteiger partial charge in [-0.2, -0.15) is 5.10 Å². The molecule has 0 fully saturated rings. The van der Waals surface area contributed by atoms with Crippen molar-refractivity contribution in [2.45, 2.75) is 13.0 Å². The van der Waals surface area contributed by atoms with Crippen molar-refractivity contribution in [3.63, 3.8) is 0 Å². The summed E-state index contributed by atoms with van der Waals surface area (Å²) >= 11 is 0. The highest BCUT2D eigenvalue weighted by atomic mass is 16.5. The molecule has 2 N–H and O–H groups in total. The molecule has 0 saturated carbocycles. The van der Waals surface area contributed by atoms with Crippen LogP contribution in [0.25, 0.3) is 11.0 Å². The number of amides is 1. The van der Waals surface area contributed by atoms with Gasteiger partial charge in [0.1, 0.15) is 0 Å². The molecular formula is C13H18N4O3. The molecule has 0 aromatic carbocycles. The first kappa shape index (κ1) is 14.4. The van der Waals surface area contributed by atoms with Gasteiger partial charge in [-0.15, -0.1) is 0 Å². The molecule has 0 saturated heterocycles. The lowest BCUT2D eigenvalue weighted by Gasteiger charge is -2.15. The van der Waals surface area contributed by atoms with E-state index in [0.29, 0.717) is 5.56 Å². The predicted octanol–water partition coefficient (Wildman–Crippen LogP) is 0.0138. The summed E-state index contributed by atoms with van der Waals surface area (Å²) in [5.74, 6) is -0.293.